The molecule has 0 heterocycles. The van der Waals surface area contributed by atoms with Crippen LogP contribution in [-0.2, 0) is 38.1 Å². The van der Waals surface area contributed by atoms with E-state index in [-0.39, 0.29) is 40.4 Å². The molecule has 0 saturated heterocycles. The molecule has 3 unspecified atom stereocenters. The Hall–Kier alpha value is -3.19. The number of benzene rings is 2. The fourth-order valence-electron chi connectivity index (χ4n) is 10.2. The van der Waals surface area contributed by atoms with E-state index in [4.69, 9.17) is 11.5 Å². The molecule has 2 aromatic rings. The van der Waals surface area contributed by atoms with Crippen molar-refractivity contribution in [2.75, 3.05) is 11.1 Å². The highest BCUT2D eigenvalue weighted by Crippen LogP contribution is 2.59. The molecular formula is C37H50N4O3. The molecule has 2 saturated carbocycles. The second-order valence-corrected chi connectivity index (χ2v) is 15.4. The number of hydrogen-bond acceptors (Lipinski definition) is 5. The monoisotopic (exact) mass is 598 g/mol. The molecule has 3 amide bonds. The molecule has 44 heavy (non-hydrogen) atoms. The van der Waals surface area contributed by atoms with Gasteiger partial charge in [0, 0.05) is 11.4 Å². The molecule has 0 aromatic heterocycles. The molecule has 7 nitrogen and oxygen atoms in total. The van der Waals surface area contributed by atoms with E-state index in [1.54, 1.807) is 6.92 Å². The van der Waals surface area contributed by atoms with Crippen LogP contribution in [0.5, 0.6) is 0 Å². The summed E-state index contributed by atoms with van der Waals surface area (Å²) in [5.74, 6) is -0.237. The standard InChI is InChI=1S/C37H50N4O3/c1-22(38)31(42)40-26-13-9-24-11-15-30-35(3,28(24)21-26)17-7-19-37(30,5)33(44)41-32(43)36(4)18-6-16-34(2)27-20-25(39)12-8-23(27)10-14-29(34)36/h8-9,12-13,20-22,29-30H,6-7,10-11,14-19,38-39H2,1-5H3,(H,40,42)(H,41,43,44)/t22-,29+,30?,34+,35?,36-,37?/m0/s1. The topological polar surface area (TPSA) is 127 Å². The average Bonchev–Trinajstić information content (AvgIpc) is 2.97. The van der Waals surface area contributed by atoms with E-state index in [1.807, 2.05) is 12.1 Å². The molecule has 7 atom stereocenters. The van der Waals surface area contributed by atoms with E-state index >= 15 is 0 Å². The van der Waals surface area contributed by atoms with Gasteiger partial charge in [-0.2, -0.15) is 0 Å². The highest BCUT2D eigenvalue weighted by molar-refractivity contribution is 6.01. The van der Waals surface area contributed by atoms with Crippen LogP contribution >= 0.6 is 0 Å². The maximum Gasteiger partial charge on any atom is 0.240 e. The largest absolute Gasteiger partial charge is 0.399 e. The van der Waals surface area contributed by atoms with Gasteiger partial charge in [-0.25, -0.2) is 0 Å². The molecule has 4 aliphatic carbocycles. The Labute approximate surface area is 262 Å². The van der Waals surface area contributed by atoms with Gasteiger partial charge in [0.05, 0.1) is 16.9 Å². The summed E-state index contributed by atoms with van der Waals surface area (Å²) in [6.07, 6.45) is 8.99. The van der Waals surface area contributed by atoms with Crippen molar-refractivity contribution in [1.29, 1.82) is 0 Å². The van der Waals surface area contributed by atoms with Crippen LogP contribution in [0, 0.1) is 22.7 Å². The summed E-state index contributed by atoms with van der Waals surface area (Å²) in [6, 6.07) is 11.8. The average molecular weight is 599 g/mol. The fraction of sp³-hybridized carbons (Fsp3) is 0.595. The summed E-state index contributed by atoms with van der Waals surface area (Å²) in [4.78, 5) is 41.1. The summed E-state index contributed by atoms with van der Waals surface area (Å²) >= 11 is 0. The van der Waals surface area contributed by atoms with Crippen molar-refractivity contribution in [2.45, 2.75) is 116 Å². The summed E-state index contributed by atoms with van der Waals surface area (Å²) in [6.45, 7) is 10.4. The molecule has 0 aliphatic heterocycles. The van der Waals surface area contributed by atoms with Crippen LogP contribution in [-0.4, -0.2) is 23.8 Å². The molecule has 0 bridgehead atoms. The number of carbonyl (C=O) groups excluding carboxylic acids is 3. The van der Waals surface area contributed by atoms with Gasteiger partial charge in [0.1, 0.15) is 0 Å². The molecular weight excluding hydrogens is 548 g/mol. The van der Waals surface area contributed by atoms with E-state index in [2.05, 4.69) is 62.6 Å². The lowest BCUT2D eigenvalue weighted by molar-refractivity contribution is -0.150. The zero-order valence-electron chi connectivity index (χ0n) is 27.1. The van der Waals surface area contributed by atoms with Gasteiger partial charge in [0.25, 0.3) is 0 Å². The van der Waals surface area contributed by atoms with Gasteiger partial charge in [-0.15, -0.1) is 0 Å². The number of imide groups is 1. The Morgan fingerprint density at radius 2 is 1.27 bits per heavy atom. The summed E-state index contributed by atoms with van der Waals surface area (Å²) < 4.78 is 0. The third kappa shape index (κ3) is 4.69. The molecule has 6 N–H and O–H groups in total. The first-order chi connectivity index (χ1) is 20.7. The SMILES string of the molecule is C[C@H](N)C(=O)Nc1ccc2c(c1)C1(C)CCCC(C)(C(=O)NC(=O)[C@@]3(C)CCC[C@]4(C)c5cc(N)ccc5CC[C@@H]34)C1CC2. The minimum absolute atomic E-state index is 0.0809. The predicted molar refractivity (Wildman–Crippen MR) is 175 cm³/mol. The van der Waals surface area contributed by atoms with Crippen molar-refractivity contribution < 1.29 is 14.4 Å². The van der Waals surface area contributed by atoms with E-state index in [0.29, 0.717) is 0 Å². The van der Waals surface area contributed by atoms with Crippen molar-refractivity contribution in [1.82, 2.24) is 5.32 Å². The van der Waals surface area contributed by atoms with E-state index in [9.17, 15) is 14.4 Å². The number of fused-ring (bicyclic) bond motifs is 6. The Balaban J connectivity index is 1.26. The van der Waals surface area contributed by atoms with E-state index in [1.165, 1.54) is 22.3 Å². The maximum absolute atomic E-state index is 14.4. The summed E-state index contributed by atoms with van der Waals surface area (Å²) in [5, 5.41) is 5.99. The molecule has 0 spiro atoms. The first-order valence-electron chi connectivity index (χ1n) is 16.7. The Kier molecular flexibility index (Phi) is 7.50. The zero-order chi connectivity index (χ0) is 31.7. The smallest absolute Gasteiger partial charge is 0.240 e. The van der Waals surface area contributed by atoms with Crippen LogP contribution in [0.15, 0.2) is 36.4 Å². The number of nitrogens with one attached hydrogen (secondary N) is 2. The second kappa shape index (κ2) is 10.7. The lowest BCUT2D eigenvalue weighted by atomic mass is 9.49. The number of anilines is 2. The van der Waals surface area contributed by atoms with Crippen molar-refractivity contribution >= 4 is 29.1 Å². The molecule has 236 valence electrons. The maximum atomic E-state index is 14.4. The normalized spacial score (nSPS) is 34.8. The van der Waals surface area contributed by atoms with Gasteiger partial charge in [-0.1, -0.05) is 52.7 Å². The van der Waals surface area contributed by atoms with Crippen LogP contribution in [0.3, 0.4) is 0 Å². The molecule has 2 aromatic carbocycles. The van der Waals surface area contributed by atoms with Crippen molar-refractivity contribution in [2.24, 2.45) is 28.4 Å². The molecule has 7 heteroatoms. The molecule has 0 radical (unpaired) electrons. The van der Waals surface area contributed by atoms with Crippen LogP contribution < -0.4 is 22.1 Å². The number of nitrogen functional groups attached to an aromatic ring is 1. The van der Waals surface area contributed by atoms with Crippen LogP contribution in [0.2, 0.25) is 0 Å². The predicted octanol–water partition coefficient (Wildman–Crippen LogP) is 5.92. The number of amides is 3. The zero-order valence-corrected chi connectivity index (χ0v) is 27.1. The van der Waals surface area contributed by atoms with Gasteiger partial charge in [-0.05, 0) is 127 Å². The highest BCUT2D eigenvalue weighted by atomic mass is 16.2. The highest BCUT2D eigenvalue weighted by Gasteiger charge is 2.58. The van der Waals surface area contributed by atoms with Crippen LogP contribution in [0.1, 0.15) is 108 Å². The quantitative estimate of drug-likeness (QED) is 0.257. The number of aryl methyl sites for hydroxylation is 2. The Bertz CT molecular complexity index is 1520. The van der Waals surface area contributed by atoms with Crippen LogP contribution in [0.4, 0.5) is 11.4 Å². The van der Waals surface area contributed by atoms with Gasteiger partial charge in [0.2, 0.25) is 17.7 Å². The van der Waals surface area contributed by atoms with Crippen molar-refractivity contribution in [3.63, 3.8) is 0 Å². The summed E-state index contributed by atoms with van der Waals surface area (Å²) in [5.41, 5.74) is 17.0. The van der Waals surface area contributed by atoms with Crippen molar-refractivity contribution in [3.8, 4) is 0 Å². The second-order valence-electron chi connectivity index (χ2n) is 15.4. The molecule has 2 fully saturated rings. The van der Waals surface area contributed by atoms with Crippen molar-refractivity contribution in [3.05, 3.63) is 58.7 Å². The number of nitrogens with two attached hydrogens (primary N) is 2. The van der Waals surface area contributed by atoms with E-state index < -0.39 is 16.9 Å². The van der Waals surface area contributed by atoms with Crippen LogP contribution in [0.25, 0.3) is 0 Å². The lowest BCUT2D eigenvalue weighted by Gasteiger charge is -2.56. The molecule has 4 aliphatic rings. The minimum Gasteiger partial charge on any atom is -0.399 e. The first-order valence-corrected chi connectivity index (χ1v) is 16.7. The lowest BCUT2D eigenvalue weighted by Crippen LogP contribution is -2.60. The number of hydrogen-bond donors (Lipinski definition) is 4. The third-order valence-electron chi connectivity index (χ3n) is 12.7. The minimum atomic E-state index is -0.673. The third-order valence-corrected chi connectivity index (χ3v) is 12.7. The molecule has 6 rings (SSSR count). The Morgan fingerprint density at radius 3 is 1.80 bits per heavy atom. The first kappa shape index (κ1) is 30.8. The van der Waals surface area contributed by atoms with Gasteiger partial charge < -0.3 is 16.8 Å². The van der Waals surface area contributed by atoms with Gasteiger partial charge >= 0.3 is 0 Å². The fourth-order valence-corrected chi connectivity index (χ4v) is 10.2. The Morgan fingerprint density at radius 1 is 0.773 bits per heavy atom. The number of carbonyl (C=O) groups is 3. The number of rotatable bonds is 4. The van der Waals surface area contributed by atoms with E-state index in [0.717, 1.165) is 75.6 Å². The van der Waals surface area contributed by atoms with Gasteiger partial charge in [0.15, 0.2) is 0 Å². The summed E-state index contributed by atoms with van der Waals surface area (Å²) in [7, 11) is 0. The van der Waals surface area contributed by atoms with Gasteiger partial charge in [-0.3, -0.25) is 19.7 Å².